The lowest BCUT2D eigenvalue weighted by atomic mass is 10.4. The molecule has 0 radical (unpaired) electrons. The van der Waals surface area contributed by atoms with Crippen LogP contribution in [-0.4, -0.2) is 19.9 Å². The van der Waals surface area contributed by atoms with Gasteiger partial charge in [0.15, 0.2) is 7.06 Å². The molecule has 0 aromatic carbocycles. The van der Waals surface area contributed by atoms with Crippen molar-refractivity contribution in [2.24, 2.45) is 0 Å². The van der Waals surface area contributed by atoms with Gasteiger partial charge in [-0.05, 0) is 0 Å². The average molecular weight is 164 g/mol. The molecule has 3 N–H and O–H groups in total. The summed E-state index contributed by atoms with van der Waals surface area (Å²) in [6.07, 6.45) is 2.57. The summed E-state index contributed by atoms with van der Waals surface area (Å²) >= 11 is 0. The van der Waals surface area contributed by atoms with Crippen LogP contribution in [0.4, 0.5) is 5.95 Å². The number of rotatable bonds is 0. The summed E-state index contributed by atoms with van der Waals surface area (Å²) in [4.78, 5) is 23.0. The van der Waals surface area contributed by atoms with Crippen LogP contribution < -0.4 is 11.3 Å². The number of H-pyrrole nitrogens is 1. The van der Waals surface area contributed by atoms with Gasteiger partial charge in [-0.3, -0.25) is 9.77 Å². The molecule has 0 amide bonds. The van der Waals surface area contributed by atoms with Gasteiger partial charge in [0.1, 0.15) is 11.7 Å². The number of fused-ring (bicyclic) bond motifs is 1. The van der Waals surface area contributed by atoms with Crippen molar-refractivity contribution in [3.8, 4) is 0 Å². The predicted molar refractivity (Wildman–Crippen MR) is 42.4 cm³/mol. The minimum absolute atomic E-state index is 0.184. The average Bonchev–Trinajstić information content (AvgIpc) is 2.15. The zero-order valence-electron chi connectivity index (χ0n) is 6.93. The highest BCUT2D eigenvalue weighted by Gasteiger charge is 2.00. The minimum Gasteiger partial charge on any atom is -0.369 e. The van der Waals surface area contributed by atoms with E-state index in [0.29, 0.717) is 4.98 Å². The Hall–Kier alpha value is -1.98. The Bertz CT molecular complexity index is 522. The lowest BCUT2D eigenvalue weighted by molar-refractivity contribution is 1.12. The molecule has 0 saturated heterocycles. The van der Waals surface area contributed by atoms with Crippen molar-refractivity contribution in [3.05, 3.63) is 22.9 Å². The van der Waals surface area contributed by atoms with Gasteiger partial charge in [-0.15, -0.1) is 0 Å². The predicted octanol–water partition coefficient (Wildman–Crippen LogP) is -0.705. The Morgan fingerprint density at radius 1 is 1.67 bits per heavy atom. The standard InChI is InChI=1S/C6H5N5O/c7-6-10-4-3(5(12)11-6)1-8-2-9-4/h1-2H,(H3,7,8,9,10,11,12)/i/hD. The van der Waals surface area contributed by atoms with Crippen LogP contribution in [0.15, 0.2) is 17.3 Å². The molecule has 12 heavy (non-hydrogen) atoms. The van der Waals surface area contributed by atoms with Crippen molar-refractivity contribution >= 4 is 17.0 Å². The van der Waals surface area contributed by atoms with E-state index in [9.17, 15) is 4.79 Å². The van der Waals surface area contributed by atoms with Crippen LogP contribution in [0.5, 0.6) is 0 Å². The molecule has 0 aliphatic heterocycles. The van der Waals surface area contributed by atoms with Gasteiger partial charge < -0.3 is 5.73 Å². The fourth-order valence-electron chi connectivity index (χ4n) is 0.861. The molecule has 0 atom stereocenters. The second-order valence-corrected chi connectivity index (χ2v) is 2.15. The van der Waals surface area contributed by atoms with E-state index in [1.165, 1.54) is 12.5 Å². The van der Waals surface area contributed by atoms with Crippen molar-refractivity contribution in [3.63, 3.8) is 0 Å². The fourth-order valence-corrected chi connectivity index (χ4v) is 0.861. The van der Waals surface area contributed by atoms with E-state index < -0.39 is 5.56 Å². The van der Waals surface area contributed by atoms with Crippen molar-refractivity contribution in [1.82, 2.24) is 19.9 Å². The third-order valence-corrected chi connectivity index (χ3v) is 1.36. The first-order valence-corrected chi connectivity index (χ1v) is 3.17. The number of nitrogen functional groups attached to an aromatic ring is 1. The molecule has 0 aliphatic rings. The third kappa shape index (κ3) is 0.895. The largest absolute Gasteiger partial charge is 0.369 e. The van der Waals surface area contributed by atoms with Crippen LogP contribution >= 0.6 is 0 Å². The lowest BCUT2D eigenvalue weighted by Gasteiger charge is -1.94. The van der Waals surface area contributed by atoms with Gasteiger partial charge in [-0.2, -0.15) is 4.98 Å². The number of aromatic amines is 1. The second-order valence-electron chi connectivity index (χ2n) is 2.15. The van der Waals surface area contributed by atoms with Gasteiger partial charge >= 0.3 is 0 Å². The molecule has 6 heteroatoms. The van der Waals surface area contributed by atoms with Gasteiger partial charge in [0, 0.05) is 6.20 Å². The molecular weight excluding hydrogens is 158 g/mol. The summed E-state index contributed by atoms with van der Waals surface area (Å²) in [5.74, 6) is -0.184. The van der Waals surface area contributed by atoms with E-state index >= 15 is 0 Å². The summed E-state index contributed by atoms with van der Waals surface area (Å²) in [5, 5.41) is 0.187. The molecule has 0 spiro atoms. The number of anilines is 1. The van der Waals surface area contributed by atoms with Crippen LogP contribution in [0.3, 0.4) is 0 Å². The van der Waals surface area contributed by atoms with Crippen LogP contribution in [0.1, 0.15) is 0 Å². The Kier molecular flexibility index (Phi) is 1.06. The molecule has 2 rings (SSSR count). The molecule has 0 aliphatic carbocycles. The second kappa shape index (κ2) is 2.26. The molecule has 2 heterocycles. The maximum Gasteiger partial charge on any atom is 0.263 e. The molecule has 60 valence electrons. The number of nitrogens with two attached hydrogens (primary N) is 1. The van der Waals surface area contributed by atoms with E-state index in [1.807, 2.05) is 0 Å². The first kappa shape index (κ1) is 5.64. The van der Waals surface area contributed by atoms with Gasteiger partial charge in [0.25, 0.3) is 5.56 Å². The van der Waals surface area contributed by atoms with E-state index in [1.54, 1.807) is 0 Å². The van der Waals surface area contributed by atoms with E-state index in [-0.39, 0.29) is 17.0 Å². The van der Waals surface area contributed by atoms with E-state index in [2.05, 4.69) is 15.0 Å². The van der Waals surface area contributed by atoms with Crippen LogP contribution in [0, 0.1) is 0 Å². The first-order valence-electron chi connectivity index (χ1n) is 3.62. The molecule has 2 aromatic rings. The smallest absolute Gasteiger partial charge is 0.263 e. The molecule has 0 unspecified atom stereocenters. The monoisotopic (exact) mass is 164 g/mol. The summed E-state index contributed by atoms with van der Waals surface area (Å²) < 4.78 is 7.19. The van der Waals surface area contributed by atoms with Gasteiger partial charge in [-0.1, -0.05) is 0 Å². The zero-order valence-corrected chi connectivity index (χ0v) is 5.93. The minimum atomic E-state index is -0.567. The number of nitrogens with zero attached hydrogens (tertiary/aromatic N) is 3. The summed E-state index contributed by atoms with van der Waals surface area (Å²) in [6, 6.07) is 0. The maximum absolute atomic E-state index is 11.3. The van der Waals surface area contributed by atoms with Crippen molar-refractivity contribution in [1.29, 1.82) is 0 Å². The Labute approximate surface area is 68.0 Å². The molecule has 0 bridgehead atoms. The van der Waals surface area contributed by atoms with Crippen LogP contribution in [0.2, 0.25) is 1.41 Å². The molecule has 2 aromatic heterocycles. The summed E-state index contributed by atoms with van der Waals surface area (Å²) in [5.41, 5.74) is 4.93. The third-order valence-electron chi connectivity index (χ3n) is 1.36. The number of nitrogens with one attached hydrogen (secondary N) is 1. The highest BCUT2D eigenvalue weighted by Crippen LogP contribution is 1.99. The van der Waals surface area contributed by atoms with Crippen molar-refractivity contribution in [2.75, 3.05) is 5.73 Å². The quantitative estimate of drug-likeness (QED) is 0.536. The topological polar surface area (TPSA) is 97.6 Å². The molecule has 0 fully saturated rings. The highest BCUT2D eigenvalue weighted by atomic mass is 16.1. The maximum atomic E-state index is 11.3. The Morgan fingerprint density at radius 2 is 2.50 bits per heavy atom. The van der Waals surface area contributed by atoms with Crippen LogP contribution in [-0.2, 0) is 0 Å². The number of hydrogen-bond acceptors (Lipinski definition) is 5. The van der Waals surface area contributed by atoms with Crippen molar-refractivity contribution in [2.45, 2.75) is 0 Å². The summed E-state index contributed by atoms with van der Waals surface area (Å²) in [6.45, 7) is 0. The number of aromatic nitrogens is 4. The van der Waals surface area contributed by atoms with Gasteiger partial charge in [0.2, 0.25) is 5.95 Å². The SMILES string of the molecule is [2H]n1c(N)nc2ncncc2c1=O. The molecule has 6 nitrogen and oxygen atoms in total. The van der Waals surface area contributed by atoms with Gasteiger partial charge in [0.05, 0.1) is 0 Å². The van der Waals surface area contributed by atoms with E-state index in [0.717, 1.165) is 0 Å². The Morgan fingerprint density at radius 3 is 3.33 bits per heavy atom. The normalized spacial score (nSPS) is 11.5. The lowest BCUT2D eigenvalue weighted by Crippen LogP contribution is -2.11. The van der Waals surface area contributed by atoms with Gasteiger partial charge in [-0.25, -0.2) is 9.97 Å². The number of hydrogen-bond donors (Lipinski definition) is 2. The zero-order chi connectivity index (χ0) is 9.42. The Balaban J connectivity index is 3.03. The molecular formula is C6H5N5O. The molecule has 0 saturated carbocycles. The fraction of sp³-hybridized carbons (Fsp3) is 0. The summed E-state index contributed by atoms with van der Waals surface area (Å²) in [7, 11) is 0. The van der Waals surface area contributed by atoms with Crippen LogP contribution in [0.25, 0.3) is 11.0 Å². The van der Waals surface area contributed by atoms with E-state index in [4.69, 9.17) is 7.15 Å². The first-order chi connectivity index (χ1) is 6.20. The van der Waals surface area contributed by atoms with Crippen molar-refractivity contribution < 1.29 is 1.41 Å². The highest BCUT2D eigenvalue weighted by molar-refractivity contribution is 5.72.